The van der Waals surface area contributed by atoms with Crippen molar-refractivity contribution in [2.45, 2.75) is 33.1 Å². The van der Waals surface area contributed by atoms with Gasteiger partial charge in [-0.25, -0.2) is 4.98 Å². The summed E-state index contributed by atoms with van der Waals surface area (Å²) in [5.74, 6) is 0.491. The van der Waals surface area contributed by atoms with Crippen LogP contribution in [0.25, 0.3) is 11.3 Å². The topological polar surface area (TPSA) is 71.5 Å². The van der Waals surface area contributed by atoms with Gasteiger partial charge in [-0.1, -0.05) is 12.1 Å². The number of thiazole rings is 1. The number of fused-ring (bicyclic) bond motifs is 1. The lowest BCUT2D eigenvalue weighted by Gasteiger charge is -2.16. The molecule has 0 fully saturated rings. The van der Waals surface area contributed by atoms with E-state index in [1.165, 1.54) is 11.3 Å². The summed E-state index contributed by atoms with van der Waals surface area (Å²) in [7, 11) is 1.80. The van der Waals surface area contributed by atoms with Crippen molar-refractivity contribution in [3.8, 4) is 17.0 Å². The van der Waals surface area contributed by atoms with Gasteiger partial charge in [0.1, 0.15) is 5.75 Å². The summed E-state index contributed by atoms with van der Waals surface area (Å²) >= 11 is 1.36. The van der Waals surface area contributed by atoms with Crippen molar-refractivity contribution in [2.75, 3.05) is 23.9 Å². The van der Waals surface area contributed by atoms with Crippen molar-refractivity contribution in [3.63, 3.8) is 0 Å². The number of benzene rings is 2. The number of hydrogen-bond acceptors (Lipinski definition) is 5. The molecule has 1 aromatic heterocycles. The van der Waals surface area contributed by atoms with Gasteiger partial charge in [-0.3, -0.25) is 14.9 Å². The number of carbonyl (C=O) groups is 2. The van der Waals surface area contributed by atoms with E-state index in [0.29, 0.717) is 10.9 Å². The maximum Gasteiger partial charge on any atom is 0.264 e. The van der Waals surface area contributed by atoms with Gasteiger partial charge in [-0.15, -0.1) is 11.3 Å². The number of aromatic nitrogens is 1. The predicted molar refractivity (Wildman–Crippen MR) is 124 cm³/mol. The maximum absolute atomic E-state index is 12.5. The van der Waals surface area contributed by atoms with E-state index < -0.39 is 5.41 Å². The molecule has 1 aliphatic heterocycles. The third-order valence-electron chi connectivity index (χ3n) is 5.48. The molecule has 0 bridgehead atoms. The average molecular weight is 436 g/mol. The van der Waals surface area contributed by atoms with Crippen LogP contribution >= 0.6 is 11.3 Å². The summed E-state index contributed by atoms with van der Waals surface area (Å²) in [5, 5.41) is 5.20. The molecule has 4 rings (SSSR count). The summed E-state index contributed by atoms with van der Waals surface area (Å²) in [6.45, 7) is 7.77. The summed E-state index contributed by atoms with van der Waals surface area (Å²) in [5.41, 5.74) is 5.19. The summed E-state index contributed by atoms with van der Waals surface area (Å²) < 4.78 is 5.61. The Morgan fingerprint density at radius 2 is 1.87 bits per heavy atom. The second-order valence-corrected chi connectivity index (χ2v) is 9.28. The highest BCUT2D eigenvalue weighted by atomic mass is 32.1. The number of amides is 2. The van der Waals surface area contributed by atoms with Crippen LogP contribution in [0.2, 0.25) is 0 Å². The quantitative estimate of drug-likeness (QED) is 0.631. The van der Waals surface area contributed by atoms with Crippen LogP contribution in [0.5, 0.6) is 5.75 Å². The molecule has 2 aromatic carbocycles. The first-order valence-corrected chi connectivity index (χ1v) is 10.9. The van der Waals surface area contributed by atoms with Crippen LogP contribution in [-0.2, 0) is 15.0 Å². The Morgan fingerprint density at radius 1 is 1.16 bits per heavy atom. The van der Waals surface area contributed by atoms with Crippen molar-refractivity contribution < 1.29 is 14.3 Å². The Balaban J connectivity index is 1.45. The lowest BCUT2D eigenvalue weighted by atomic mass is 9.85. The van der Waals surface area contributed by atoms with Gasteiger partial charge in [0, 0.05) is 23.7 Å². The molecule has 1 N–H and O–H groups in total. The van der Waals surface area contributed by atoms with Gasteiger partial charge in [-0.2, -0.15) is 0 Å². The van der Waals surface area contributed by atoms with Gasteiger partial charge in [-0.05, 0) is 68.7 Å². The second kappa shape index (κ2) is 7.81. The van der Waals surface area contributed by atoms with Crippen LogP contribution in [0.4, 0.5) is 10.8 Å². The molecule has 0 saturated heterocycles. The van der Waals surface area contributed by atoms with Crippen molar-refractivity contribution in [3.05, 3.63) is 58.5 Å². The molecule has 6 nitrogen and oxygen atoms in total. The molecule has 0 saturated carbocycles. The molecule has 3 aromatic rings. The number of rotatable bonds is 5. The lowest BCUT2D eigenvalue weighted by molar-refractivity contribution is -0.121. The fourth-order valence-corrected chi connectivity index (χ4v) is 4.65. The smallest absolute Gasteiger partial charge is 0.264 e. The van der Waals surface area contributed by atoms with Gasteiger partial charge in [0.15, 0.2) is 11.7 Å². The van der Waals surface area contributed by atoms with Crippen molar-refractivity contribution >= 4 is 34.0 Å². The Bertz CT molecular complexity index is 1160. The molecule has 2 amide bonds. The van der Waals surface area contributed by atoms with Gasteiger partial charge in [0.05, 0.1) is 11.1 Å². The Labute approximate surface area is 185 Å². The first kappa shape index (κ1) is 21.1. The second-order valence-electron chi connectivity index (χ2n) is 8.42. The van der Waals surface area contributed by atoms with E-state index >= 15 is 0 Å². The molecule has 0 atom stereocenters. The van der Waals surface area contributed by atoms with Gasteiger partial charge in [0.2, 0.25) is 5.91 Å². The lowest BCUT2D eigenvalue weighted by Crippen LogP contribution is -2.33. The molecule has 0 spiro atoms. The monoisotopic (exact) mass is 435 g/mol. The summed E-state index contributed by atoms with van der Waals surface area (Å²) in [6, 6.07) is 11.8. The van der Waals surface area contributed by atoms with E-state index in [4.69, 9.17) is 4.74 Å². The third kappa shape index (κ3) is 4.05. The van der Waals surface area contributed by atoms with E-state index in [2.05, 4.69) is 16.4 Å². The van der Waals surface area contributed by atoms with Crippen molar-refractivity contribution in [1.82, 2.24) is 4.98 Å². The molecular weight excluding hydrogens is 410 g/mol. The highest BCUT2D eigenvalue weighted by Crippen LogP contribution is 2.42. The minimum atomic E-state index is -0.571. The molecule has 160 valence electrons. The number of hydrogen-bond donors (Lipinski definition) is 1. The number of aryl methyl sites for hydroxylation is 2. The van der Waals surface area contributed by atoms with Crippen LogP contribution in [0, 0.1) is 13.8 Å². The molecule has 1 aliphatic rings. The number of ether oxygens (including phenoxy) is 1. The molecule has 31 heavy (non-hydrogen) atoms. The average Bonchev–Trinajstić information content (AvgIpc) is 3.24. The third-order valence-corrected chi connectivity index (χ3v) is 6.24. The number of carbonyl (C=O) groups excluding carboxylic acids is 2. The highest BCUT2D eigenvalue weighted by Gasteiger charge is 2.42. The molecule has 7 heteroatoms. The van der Waals surface area contributed by atoms with E-state index in [1.54, 1.807) is 11.9 Å². The number of nitrogens with one attached hydrogen (secondary N) is 1. The largest absolute Gasteiger partial charge is 0.484 e. The predicted octanol–water partition coefficient (Wildman–Crippen LogP) is 4.70. The number of likely N-dealkylation sites (N-methyl/N-ethyl adjacent to an activating group) is 1. The highest BCUT2D eigenvalue weighted by molar-refractivity contribution is 7.14. The van der Waals surface area contributed by atoms with Crippen LogP contribution in [-0.4, -0.2) is 30.5 Å². The molecule has 0 aliphatic carbocycles. The zero-order chi connectivity index (χ0) is 22.3. The SMILES string of the molecule is Cc1cc(C)cc(OCC(=O)Nc2nc(-c3ccc4c(c3)C(C)(C)C(=O)N4C)cs2)c1. The maximum atomic E-state index is 12.5. The molecule has 2 heterocycles. The van der Waals surface area contributed by atoms with Crippen molar-refractivity contribution in [1.29, 1.82) is 0 Å². The standard InChI is InChI=1S/C24H25N3O3S/c1-14-8-15(2)10-17(9-14)30-12-21(28)26-23-25-19(13-31-23)16-6-7-20-18(11-16)24(3,4)22(29)27(20)5/h6-11,13H,12H2,1-5H3,(H,25,26,28). The van der Waals surface area contributed by atoms with Crippen LogP contribution in [0.3, 0.4) is 0 Å². The van der Waals surface area contributed by atoms with Crippen LogP contribution < -0.4 is 15.0 Å². The molecule has 0 radical (unpaired) electrons. The van der Waals surface area contributed by atoms with Gasteiger partial charge >= 0.3 is 0 Å². The van der Waals surface area contributed by atoms with Crippen LogP contribution in [0.1, 0.15) is 30.5 Å². The zero-order valence-corrected chi connectivity index (χ0v) is 19.1. The van der Waals surface area contributed by atoms with E-state index in [-0.39, 0.29) is 18.4 Å². The molecule has 0 unspecified atom stereocenters. The summed E-state index contributed by atoms with van der Waals surface area (Å²) in [6.07, 6.45) is 0. The fraction of sp³-hybridized carbons (Fsp3) is 0.292. The fourth-order valence-electron chi connectivity index (χ4n) is 3.92. The Hall–Kier alpha value is -3.19. The zero-order valence-electron chi connectivity index (χ0n) is 18.3. The minimum absolute atomic E-state index is 0.0784. The van der Waals surface area contributed by atoms with E-state index in [1.807, 2.05) is 63.4 Å². The van der Waals surface area contributed by atoms with Gasteiger partial charge < -0.3 is 9.64 Å². The van der Waals surface area contributed by atoms with Crippen LogP contribution in [0.15, 0.2) is 41.8 Å². The minimum Gasteiger partial charge on any atom is -0.484 e. The first-order chi connectivity index (χ1) is 14.6. The van der Waals surface area contributed by atoms with E-state index in [0.717, 1.165) is 33.6 Å². The van der Waals surface area contributed by atoms with E-state index in [9.17, 15) is 9.59 Å². The number of nitrogens with zero attached hydrogens (tertiary/aromatic N) is 2. The van der Waals surface area contributed by atoms with Crippen molar-refractivity contribution in [2.24, 2.45) is 0 Å². The molecular formula is C24H25N3O3S. The summed E-state index contributed by atoms with van der Waals surface area (Å²) in [4.78, 5) is 31.1. The Morgan fingerprint density at radius 3 is 2.58 bits per heavy atom. The van der Waals surface area contributed by atoms with Gasteiger partial charge in [0.25, 0.3) is 5.91 Å². The number of anilines is 2. The Kier molecular flexibility index (Phi) is 5.31. The normalized spacial score (nSPS) is 14.5. The first-order valence-electron chi connectivity index (χ1n) is 10.0.